The molecule has 5 nitrogen and oxygen atoms in total. The number of nitrogens with zero attached hydrogens (tertiary/aromatic N) is 3. The molecular formula is C24H27FN4O. The second kappa shape index (κ2) is 6.89. The van der Waals surface area contributed by atoms with Gasteiger partial charge in [0.05, 0.1) is 0 Å². The second-order valence-corrected chi connectivity index (χ2v) is 9.57. The van der Waals surface area contributed by atoms with Crippen LogP contribution in [0.4, 0.5) is 4.39 Å². The zero-order chi connectivity index (χ0) is 21.0. The highest BCUT2D eigenvalue weighted by atomic mass is 19.1. The molecule has 2 heterocycles. The third-order valence-corrected chi connectivity index (χ3v) is 7.10. The Morgan fingerprint density at radius 3 is 3.00 bits per heavy atom. The van der Waals surface area contributed by atoms with E-state index in [0.717, 1.165) is 12.8 Å². The topological polar surface area (TPSA) is 63.0 Å². The van der Waals surface area contributed by atoms with Gasteiger partial charge in [0.2, 0.25) is 0 Å². The van der Waals surface area contributed by atoms with Gasteiger partial charge in [0.1, 0.15) is 23.2 Å². The molecule has 1 N–H and O–H groups in total. The van der Waals surface area contributed by atoms with Crippen molar-refractivity contribution in [1.82, 2.24) is 14.6 Å². The van der Waals surface area contributed by atoms with Crippen molar-refractivity contribution in [3.63, 3.8) is 0 Å². The van der Waals surface area contributed by atoms with E-state index in [9.17, 15) is 9.18 Å². The van der Waals surface area contributed by atoms with E-state index >= 15 is 0 Å². The third-order valence-electron chi connectivity index (χ3n) is 7.10. The Morgan fingerprint density at radius 2 is 2.17 bits per heavy atom. The van der Waals surface area contributed by atoms with Crippen molar-refractivity contribution in [2.45, 2.75) is 52.9 Å². The van der Waals surface area contributed by atoms with Crippen molar-refractivity contribution in [2.24, 2.45) is 22.4 Å². The molecular weight excluding hydrogens is 379 g/mol. The molecule has 2 aliphatic carbocycles. The van der Waals surface area contributed by atoms with Gasteiger partial charge in [0.25, 0.3) is 5.56 Å². The van der Waals surface area contributed by atoms with E-state index in [4.69, 9.17) is 0 Å². The summed E-state index contributed by atoms with van der Waals surface area (Å²) in [5.41, 5.74) is 4.76. The number of rotatable bonds is 2. The summed E-state index contributed by atoms with van der Waals surface area (Å²) < 4.78 is 14.9. The molecule has 0 spiro atoms. The number of aromatic nitrogens is 3. The average molecular weight is 407 g/mol. The van der Waals surface area contributed by atoms with Crippen molar-refractivity contribution < 1.29 is 4.39 Å². The smallest absolute Gasteiger partial charge is 0.298 e. The van der Waals surface area contributed by atoms with Crippen LogP contribution in [0.25, 0.3) is 21.9 Å². The molecule has 0 aliphatic heterocycles. The minimum absolute atomic E-state index is 0.261. The molecule has 2 atom stereocenters. The summed E-state index contributed by atoms with van der Waals surface area (Å²) in [5.74, 6) is 0.461. The number of halogens is 1. The van der Waals surface area contributed by atoms with Gasteiger partial charge in [-0.05, 0) is 61.6 Å². The minimum atomic E-state index is -0.349. The van der Waals surface area contributed by atoms with Gasteiger partial charge in [0.15, 0.2) is 0 Å². The Bertz CT molecular complexity index is 1260. The molecule has 5 rings (SSSR count). The van der Waals surface area contributed by atoms with Gasteiger partial charge in [-0.3, -0.25) is 4.79 Å². The Labute approximate surface area is 174 Å². The summed E-state index contributed by atoms with van der Waals surface area (Å²) in [4.78, 5) is 20.4. The molecule has 156 valence electrons. The van der Waals surface area contributed by atoms with Crippen LogP contribution in [-0.2, 0) is 0 Å². The number of hydrogen-bond acceptors (Lipinski definition) is 3. The molecule has 0 radical (unpaired) electrons. The molecule has 6 heteroatoms. The van der Waals surface area contributed by atoms with Crippen LogP contribution in [0.5, 0.6) is 0 Å². The molecule has 0 saturated carbocycles. The quantitative estimate of drug-likeness (QED) is 0.457. The molecule has 0 unspecified atom stereocenters. The van der Waals surface area contributed by atoms with Gasteiger partial charge < -0.3 is 4.98 Å². The lowest BCUT2D eigenvalue weighted by Gasteiger charge is -2.42. The van der Waals surface area contributed by atoms with Crippen molar-refractivity contribution in [3.05, 3.63) is 51.8 Å². The summed E-state index contributed by atoms with van der Waals surface area (Å²) in [6.07, 6.45) is 9.25. The number of benzene rings is 1. The maximum atomic E-state index is 13.6. The monoisotopic (exact) mass is 406 g/mol. The number of nitrogens with one attached hydrogen (secondary N) is 1. The maximum Gasteiger partial charge on any atom is 0.298 e. The minimum Gasteiger partial charge on any atom is -0.349 e. The number of fused-ring (bicyclic) bond motifs is 3. The van der Waals surface area contributed by atoms with Crippen molar-refractivity contribution >= 4 is 28.2 Å². The van der Waals surface area contributed by atoms with E-state index < -0.39 is 0 Å². The van der Waals surface area contributed by atoms with Gasteiger partial charge in [-0.25, -0.2) is 9.37 Å². The highest BCUT2D eigenvalue weighted by Gasteiger charge is 2.36. The van der Waals surface area contributed by atoms with Crippen LogP contribution in [0.2, 0.25) is 0 Å². The maximum absolute atomic E-state index is 13.6. The number of allylic oxidation sites excluding steroid dienone is 2. The van der Waals surface area contributed by atoms with E-state index in [-0.39, 0.29) is 16.8 Å². The fourth-order valence-corrected chi connectivity index (χ4v) is 5.30. The molecule has 0 fully saturated rings. The normalized spacial score (nSPS) is 24.1. The van der Waals surface area contributed by atoms with E-state index in [1.54, 1.807) is 17.2 Å². The van der Waals surface area contributed by atoms with Crippen molar-refractivity contribution in [1.29, 1.82) is 0 Å². The largest absolute Gasteiger partial charge is 0.349 e. The fourth-order valence-electron chi connectivity index (χ4n) is 5.30. The van der Waals surface area contributed by atoms with Crippen LogP contribution in [0.1, 0.15) is 52.9 Å². The average Bonchev–Trinajstić information content (AvgIpc) is 3.06. The van der Waals surface area contributed by atoms with Crippen molar-refractivity contribution in [3.8, 4) is 0 Å². The van der Waals surface area contributed by atoms with Gasteiger partial charge in [-0.15, -0.1) is 0 Å². The van der Waals surface area contributed by atoms with Crippen molar-refractivity contribution in [2.75, 3.05) is 0 Å². The first kappa shape index (κ1) is 19.2. The summed E-state index contributed by atoms with van der Waals surface area (Å²) in [6.45, 7) is 6.98. The Kier molecular flexibility index (Phi) is 4.42. The zero-order valence-corrected chi connectivity index (χ0v) is 17.7. The van der Waals surface area contributed by atoms with E-state index in [1.807, 2.05) is 6.21 Å². The van der Waals surface area contributed by atoms with Gasteiger partial charge in [0, 0.05) is 23.0 Å². The van der Waals surface area contributed by atoms with Crippen LogP contribution < -0.4 is 5.56 Å². The highest BCUT2D eigenvalue weighted by molar-refractivity contribution is 6.04. The molecule has 0 bridgehead atoms. The lowest BCUT2D eigenvalue weighted by atomic mass is 9.63. The Balaban J connectivity index is 1.48. The lowest BCUT2D eigenvalue weighted by molar-refractivity contribution is 0.295. The van der Waals surface area contributed by atoms with Crippen LogP contribution in [-0.4, -0.2) is 20.9 Å². The molecule has 2 aromatic heterocycles. The van der Waals surface area contributed by atoms with Crippen LogP contribution in [0.15, 0.2) is 45.6 Å². The fraction of sp³-hybridized carbons (Fsp3) is 0.458. The summed E-state index contributed by atoms with van der Waals surface area (Å²) >= 11 is 0. The third kappa shape index (κ3) is 3.09. The molecule has 3 aromatic rings. The van der Waals surface area contributed by atoms with E-state index in [2.05, 4.69) is 35.8 Å². The molecule has 2 aliphatic rings. The Hall–Kier alpha value is -2.76. The molecule has 0 amide bonds. The lowest BCUT2D eigenvalue weighted by Crippen LogP contribution is -2.30. The van der Waals surface area contributed by atoms with Gasteiger partial charge in [-0.2, -0.15) is 9.78 Å². The number of H-pyrrole nitrogens is 1. The summed E-state index contributed by atoms with van der Waals surface area (Å²) in [5, 5.41) is 5.11. The predicted molar refractivity (Wildman–Crippen MR) is 118 cm³/mol. The first-order valence-corrected chi connectivity index (χ1v) is 10.8. The zero-order valence-electron chi connectivity index (χ0n) is 17.7. The predicted octanol–water partition coefficient (Wildman–Crippen LogP) is 5.40. The van der Waals surface area contributed by atoms with Gasteiger partial charge in [-0.1, -0.05) is 31.9 Å². The summed E-state index contributed by atoms with van der Waals surface area (Å²) in [7, 11) is 0. The van der Waals surface area contributed by atoms with Crippen LogP contribution in [0, 0.1) is 23.1 Å². The number of aromatic amines is 1. The van der Waals surface area contributed by atoms with Crippen LogP contribution in [0.3, 0.4) is 0 Å². The SMILES string of the molecule is C[C@@H]1CC2=C(C[C@H]1/C=N\n1cnc3c([nH]c4ccc(F)cc43)c1=O)C(C)(C)CCC2. The number of hydrogen-bond donors (Lipinski definition) is 1. The van der Waals surface area contributed by atoms with Crippen LogP contribution >= 0.6 is 0 Å². The summed E-state index contributed by atoms with van der Waals surface area (Å²) in [6, 6.07) is 4.39. The first-order chi connectivity index (χ1) is 14.3. The van der Waals surface area contributed by atoms with Gasteiger partial charge >= 0.3 is 0 Å². The Morgan fingerprint density at radius 1 is 1.33 bits per heavy atom. The second-order valence-electron chi connectivity index (χ2n) is 9.57. The highest BCUT2D eigenvalue weighted by Crippen LogP contribution is 2.48. The van der Waals surface area contributed by atoms with E-state index in [0.29, 0.717) is 33.8 Å². The standard InChI is InChI=1S/C24H27FN4O/c1-14-9-15-5-4-8-24(2,3)19(15)10-16(14)12-27-29-13-26-21-18-11-17(25)6-7-20(18)28-22(21)23(29)30/h6-7,11-14,16,28H,4-5,8-10H2,1-3H3/b27-12-/t14-,16+/m1/s1. The molecule has 0 saturated heterocycles. The molecule has 30 heavy (non-hydrogen) atoms. The van der Waals surface area contributed by atoms with E-state index in [1.165, 1.54) is 42.4 Å². The molecule has 1 aromatic carbocycles. The first-order valence-electron chi connectivity index (χ1n) is 10.8.